The molecule has 1 fully saturated rings. The summed E-state index contributed by atoms with van der Waals surface area (Å²) in [5.74, 6) is -1.41. The molecule has 6 nitrogen and oxygen atoms in total. The lowest BCUT2D eigenvalue weighted by molar-refractivity contribution is -0.141. The molecule has 0 spiro atoms. The van der Waals surface area contributed by atoms with Crippen LogP contribution in [0.15, 0.2) is 0 Å². The third-order valence-electron chi connectivity index (χ3n) is 3.63. The van der Waals surface area contributed by atoms with Crippen LogP contribution in [0.4, 0.5) is 4.79 Å². The summed E-state index contributed by atoms with van der Waals surface area (Å²) < 4.78 is 0. The Morgan fingerprint density at radius 3 is 2.42 bits per heavy atom. The summed E-state index contributed by atoms with van der Waals surface area (Å²) in [5.41, 5.74) is 0. The van der Waals surface area contributed by atoms with E-state index in [1.54, 1.807) is 14.0 Å². The van der Waals surface area contributed by atoms with Crippen LogP contribution in [-0.2, 0) is 4.79 Å². The van der Waals surface area contributed by atoms with Crippen LogP contribution in [0.5, 0.6) is 0 Å². The Hall–Kier alpha value is -1.30. The minimum absolute atomic E-state index is 0.0671. The zero-order chi connectivity index (χ0) is 14.4. The Labute approximate surface area is 114 Å². The van der Waals surface area contributed by atoms with Crippen molar-refractivity contribution in [2.45, 2.75) is 32.7 Å². The normalized spacial score (nSPS) is 17.8. The zero-order valence-electron chi connectivity index (χ0n) is 12.1. The van der Waals surface area contributed by atoms with E-state index in [2.05, 4.69) is 5.32 Å². The highest BCUT2D eigenvalue weighted by Gasteiger charge is 2.27. The van der Waals surface area contributed by atoms with E-state index in [1.807, 2.05) is 11.8 Å². The van der Waals surface area contributed by atoms with Crippen LogP contribution >= 0.6 is 0 Å². The number of carboxylic acids is 1. The molecule has 2 N–H and O–H groups in total. The van der Waals surface area contributed by atoms with Crippen LogP contribution in [0.1, 0.15) is 26.7 Å². The lowest BCUT2D eigenvalue weighted by Crippen LogP contribution is -2.51. The predicted molar refractivity (Wildman–Crippen MR) is 73.1 cm³/mol. The van der Waals surface area contributed by atoms with Gasteiger partial charge in [0.15, 0.2) is 0 Å². The smallest absolute Gasteiger partial charge is 0.320 e. The molecule has 110 valence electrons. The molecule has 1 rings (SSSR count). The summed E-state index contributed by atoms with van der Waals surface area (Å²) in [6.07, 6.45) is 1.92. The molecule has 1 saturated heterocycles. The molecule has 6 heteroatoms. The molecule has 0 bridgehead atoms. The standard InChI is InChI=1S/C13H25N3O3/c1-4-16(11-5-7-14-8-6-11)13(19)15(3)9-10(2)12(17)18/h10-11,14H,4-9H2,1-3H3,(H,17,18). The first-order valence-corrected chi connectivity index (χ1v) is 6.92. The largest absolute Gasteiger partial charge is 0.481 e. The number of nitrogens with one attached hydrogen (secondary N) is 1. The highest BCUT2D eigenvalue weighted by Crippen LogP contribution is 2.14. The lowest BCUT2D eigenvalue weighted by atomic mass is 10.1. The average molecular weight is 271 g/mol. The molecule has 0 aromatic carbocycles. The van der Waals surface area contributed by atoms with E-state index in [0.717, 1.165) is 25.9 Å². The van der Waals surface area contributed by atoms with Crippen molar-refractivity contribution in [3.8, 4) is 0 Å². The van der Waals surface area contributed by atoms with Crippen molar-refractivity contribution in [3.63, 3.8) is 0 Å². The Morgan fingerprint density at radius 2 is 1.95 bits per heavy atom. The van der Waals surface area contributed by atoms with Gasteiger partial charge in [-0.25, -0.2) is 4.79 Å². The number of urea groups is 1. The van der Waals surface area contributed by atoms with E-state index in [4.69, 9.17) is 5.11 Å². The fourth-order valence-corrected chi connectivity index (χ4v) is 2.45. The quantitative estimate of drug-likeness (QED) is 0.777. The van der Waals surface area contributed by atoms with Gasteiger partial charge in [-0.3, -0.25) is 4.79 Å². The van der Waals surface area contributed by atoms with E-state index < -0.39 is 11.9 Å². The summed E-state index contributed by atoms with van der Waals surface area (Å²) in [6.45, 7) is 6.36. The number of aliphatic carboxylic acids is 1. The van der Waals surface area contributed by atoms with Gasteiger partial charge in [-0.2, -0.15) is 0 Å². The second kappa shape index (κ2) is 7.33. The second-order valence-electron chi connectivity index (χ2n) is 5.17. The Morgan fingerprint density at radius 1 is 1.37 bits per heavy atom. The highest BCUT2D eigenvalue weighted by molar-refractivity contribution is 5.76. The van der Waals surface area contributed by atoms with Crippen LogP contribution in [0, 0.1) is 5.92 Å². The molecule has 2 amide bonds. The molecule has 1 atom stereocenters. The van der Waals surface area contributed by atoms with Crippen LogP contribution in [0.25, 0.3) is 0 Å². The van der Waals surface area contributed by atoms with Gasteiger partial charge in [-0.05, 0) is 32.9 Å². The number of amides is 2. The molecule has 0 saturated carbocycles. The third kappa shape index (κ3) is 4.38. The molecule has 0 aliphatic carbocycles. The highest BCUT2D eigenvalue weighted by atomic mass is 16.4. The molecular weight excluding hydrogens is 246 g/mol. The molecule has 0 radical (unpaired) electrons. The van der Waals surface area contributed by atoms with Crippen LogP contribution in [0.2, 0.25) is 0 Å². The lowest BCUT2D eigenvalue weighted by Gasteiger charge is -2.36. The maximum absolute atomic E-state index is 12.4. The van der Waals surface area contributed by atoms with E-state index >= 15 is 0 Å². The van der Waals surface area contributed by atoms with Gasteiger partial charge in [0.2, 0.25) is 0 Å². The van der Waals surface area contributed by atoms with Crippen molar-refractivity contribution in [1.29, 1.82) is 0 Å². The summed E-state index contributed by atoms with van der Waals surface area (Å²) in [6, 6.07) is 0.198. The molecule has 0 aromatic heterocycles. The number of rotatable bonds is 5. The monoisotopic (exact) mass is 271 g/mol. The third-order valence-corrected chi connectivity index (χ3v) is 3.63. The molecule has 1 heterocycles. The van der Waals surface area contributed by atoms with Gasteiger partial charge in [0.05, 0.1) is 5.92 Å². The van der Waals surface area contributed by atoms with Crippen molar-refractivity contribution in [3.05, 3.63) is 0 Å². The van der Waals surface area contributed by atoms with E-state index in [0.29, 0.717) is 6.54 Å². The number of nitrogens with zero attached hydrogens (tertiary/aromatic N) is 2. The topological polar surface area (TPSA) is 72.9 Å². The maximum atomic E-state index is 12.4. The number of carbonyl (C=O) groups is 2. The first-order valence-electron chi connectivity index (χ1n) is 6.92. The van der Waals surface area contributed by atoms with Crippen LogP contribution in [-0.4, -0.2) is 66.2 Å². The van der Waals surface area contributed by atoms with Crippen molar-refractivity contribution in [2.24, 2.45) is 5.92 Å². The van der Waals surface area contributed by atoms with Gasteiger partial charge in [-0.1, -0.05) is 6.92 Å². The van der Waals surface area contributed by atoms with Crippen molar-refractivity contribution < 1.29 is 14.7 Å². The number of carbonyl (C=O) groups excluding carboxylic acids is 1. The molecular formula is C13H25N3O3. The van der Waals surface area contributed by atoms with Gasteiger partial charge < -0.3 is 20.2 Å². The zero-order valence-corrected chi connectivity index (χ0v) is 12.1. The van der Waals surface area contributed by atoms with E-state index in [-0.39, 0.29) is 18.6 Å². The molecule has 1 unspecified atom stereocenters. The van der Waals surface area contributed by atoms with Crippen LogP contribution in [0.3, 0.4) is 0 Å². The van der Waals surface area contributed by atoms with Gasteiger partial charge in [0, 0.05) is 26.2 Å². The average Bonchev–Trinajstić information content (AvgIpc) is 2.40. The molecule has 0 aromatic rings. The first-order chi connectivity index (χ1) is 8.97. The van der Waals surface area contributed by atoms with Crippen molar-refractivity contribution in [1.82, 2.24) is 15.1 Å². The number of carboxylic acid groups (broad SMARTS) is 1. The SMILES string of the molecule is CCN(C(=O)N(C)CC(C)C(=O)O)C1CCNCC1. The molecule has 1 aliphatic heterocycles. The van der Waals surface area contributed by atoms with Gasteiger partial charge in [0.25, 0.3) is 0 Å². The van der Waals surface area contributed by atoms with Gasteiger partial charge >= 0.3 is 12.0 Å². The minimum Gasteiger partial charge on any atom is -0.481 e. The molecule has 1 aliphatic rings. The Kier molecular flexibility index (Phi) is 6.08. The molecule has 19 heavy (non-hydrogen) atoms. The predicted octanol–water partition coefficient (Wildman–Crippen LogP) is 0.833. The van der Waals surface area contributed by atoms with Gasteiger partial charge in [-0.15, -0.1) is 0 Å². The first kappa shape index (κ1) is 15.8. The van der Waals surface area contributed by atoms with Crippen molar-refractivity contribution in [2.75, 3.05) is 33.2 Å². The van der Waals surface area contributed by atoms with E-state index in [9.17, 15) is 9.59 Å². The fraction of sp³-hybridized carbons (Fsp3) is 0.846. The fourth-order valence-electron chi connectivity index (χ4n) is 2.45. The summed E-state index contributed by atoms with van der Waals surface area (Å²) >= 11 is 0. The second-order valence-corrected chi connectivity index (χ2v) is 5.17. The summed E-state index contributed by atoms with van der Waals surface area (Å²) in [7, 11) is 1.67. The summed E-state index contributed by atoms with van der Waals surface area (Å²) in [5, 5.41) is 12.2. The number of hydrogen-bond acceptors (Lipinski definition) is 3. The van der Waals surface area contributed by atoms with Crippen molar-refractivity contribution >= 4 is 12.0 Å². The maximum Gasteiger partial charge on any atom is 0.320 e. The Balaban J connectivity index is 2.58. The van der Waals surface area contributed by atoms with Crippen LogP contribution < -0.4 is 5.32 Å². The van der Waals surface area contributed by atoms with E-state index in [1.165, 1.54) is 4.90 Å². The van der Waals surface area contributed by atoms with Gasteiger partial charge in [0.1, 0.15) is 0 Å². The summed E-state index contributed by atoms with van der Waals surface area (Å²) in [4.78, 5) is 26.6. The number of hydrogen-bond donors (Lipinski definition) is 2. The minimum atomic E-state index is -0.871. The Bertz CT molecular complexity index is 316. The number of piperidine rings is 1.